The van der Waals surface area contributed by atoms with Gasteiger partial charge in [-0.15, -0.1) is 0 Å². The lowest BCUT2D eigenvalue weighted by molar-refractivity contribution is -0.138. The molecular formula is C14H19NO3. The lowest BCUT2D eigenvalue weighted by atomic mass is 9.90. The van der Waals surface area contributed by atoms with Gasteiger partial charge in [0.25, 0.3) is 0 Å². The molecule has 4 heteroatoms. The lowest BCUT2D eigenvalue weighted by Gasteiger charge is -2.21. The number of nitrogens with zero attached hydrogens (tertiary/aromatic N) is 1. The molecule has 1 aliphatic rings. The van der Waals surface area contributed by atoms with Crippen molar-refractivity contribution < 1.29 is 14.0 Å². The third-order valence-corrected chi connectivity index (χ3v) is 3.53. The van der Waals surface area contributed by atoms with E-state index in [9.17, 15) is 9.59 Å². The number of carbonyl (C=O) groups excluding carboxylic acids is 2. The third kappa shape index (κ3) is 2.63. The van der Waals surface area contributed by atoms with Gasteiger partial charge in [0.15, 0.2) is 0 Å². The molecule has 2 heterocycles. The Bertz CT molecular complexity index is 406. The number of rotatable bonds is 5. The van der Waals surface area contributed by atoms with E-state index in [0.717, 1.165) is 12.2 Å². The molecule has 0 radical (unpaired) electrons. The van der Waals surface area contributed by atoms with Gasteiger partial charge in [0.1, 0.15) is 5.76 Å². The summed E-state index contributed by atoms with van der Waals surface area (Å²) in [4.78, 5) is 24.5. The quantitative estimate of drug-likeness (QED) is 0.753. The van der Waals surface area contributed by atoms with Crippen molar-refractivity contribution in [3.8, 4) is 0 Å². The maximum absolute atomic E-state index is 11.5. The molecule has 18 heavy (non-hydrogen) atoms. The maximum atomic E-state index is 11.5. The van der Waals surface area contributed by atoms with Crippen molar-refractivity contribution in [2.45, 2.75) is 39.0 Å². The van der Waals surface area contributed by atoms with E-state index < -0.39 is 0 Å². The fourth-order valence-electron chi connectivity index (χ4n) is 2.45. The van der Waals surface area contributed by atoms with Crippen LogP contribution in [0.25, 0.3) is 0 Å². The van der Waals surface area contributed by atoms with Gasteiger partial charge in [-0.3, -0.25) is 14.5 Å². The fourth-order valence-corrected chi connectivity index (χ4v) is 2.45. The molecule has 2 amide bonds. The lowest BCUT2D eigenvalue weighted by Crippen LogP contribution is -2.31. The van der Waals surface area contributed by atoms with E-state index in [1.807, 2.05) is 12.1 Å². The number of hydrogen-bond donors (Lipinski definition) is 0. The third-order valence-electron chi connectivity index (χ3n) is 3.53. The van der Waals surface area contributed by atoms with Crippen LogP contribution in [-0.2, 0) is 9.59 Å². The Morgan fingerprint density at radius 3 is 2.44 bits per heavy atom. The standard InChI is InChI=1S/C14H19NO3/c1-10(2)11(12-4-3-9-18-12)7-8-15-13(16)5-6-14(15)17/h3-4,9-11H,5-8H2,1-2H3. The van der Waals surface area contributed by atoms with E-state index in [2.05, 4.69) is 13.8 Å². The molecular weight excluding hydrogens is 230 g/mol. The highest BCUT2D eigenvalue weighted by Crippen LogP contribution is 2.29. The van der Waals surface area contributed by atoms with Gasteiger partial charge >= 0.3 is 0 Å². The van der Waals surface area contributed by atoms with Gasteiger partial charge in [-0.1, -0.05) is 13.8 Å². The fraction of sp³-hybridized carbons (Fsp3) is 0.571. The molecule has 98 valence electrons. The van der Waals surface area contributed by atoms with E-state index in [0.29, 0.717) is 25.3 Å². The molecule has 0 spiro atoms. The van der Waals surface area contributed by atoms with Gasteiger partial charge < -0.3 is 4.42 Å². The van der Waals surface area contributed by atoms with Crippen molar-refractivity contribution in [2.75, 3.05) is 6.54 Å². The molecule has 0 aliphatic carbocycles. The van der Waals surface area contributed by atoms with Crippen LogP contribution in [0.15, 0.2) is 22.8 Å². The zero-order valence-electron chi connectivity index (χ0n) is 10.9. The van der Waals surface area contributed by atoms with E-state index in [1.165, 1.54) is 4.90 Å². The molecule has 0 bridgehead atoms. The Labute approximate surface area is 107 Å². The Morgan fingerprint density at radius 2 is 1.94 bits per heavy atom. The Balaban J connectivity index is 1.98. The van der Waals surface area contributed by atoms with Crippen LogP contribution in [0.1, 0.15) is 44.8 Å². The van der Waals surface area contributed by atoms with Crippen molar-refractivity contribution in [3.63, 3.8) is 0 Å². The summed E-state index contributed by atoms with van der Waals surface area (Å²) in [5.74, 6) is 1.53. The van der Waals surface area contributed by atoms with Crippen molar-refractivity contribution in [1.82, 2.24) is 4.90 Å². The van der Waals surface area contributed by atoms with Crippen LogP contribution in [-0.4, -0.2) is 23.3 Å². The second-order valence-corrected chi connectivity index (χ2v) is 5.09. The summed E-state index contributed by atoms with van der Waals surface area (Å²) in [7, 11) is 0. The van der Waals surface area contributed by atoms with Crippen LogP contribution < -0.4 is 0 Å². The number of carbonyl (C=O) groups is 2. The molecule has 1 unspecified atom stereocenters. The molecule has 1 aromatic heterocycles. The summed E-state index contributed by atoms with van der Waals surface area (Å²) in [6.07, 6.45) is 3.16. The van der Waals surface area contributed by atoms with E-state index in [-0.39, 0.29) is 17.7 Å². The van der Waals surface area contributed by atoms with Crippen molar-refractivity contribution in [1.29, 1.82) is 0 Å². The van der Waals surface area contributed by atoms with Gasteiger partial charge in [0.2, 0.25) is 11.8 Å². The minimum Gasteiger partial charge on any atom is -0.469 e. The Kier molecular flexibility index (Phi) is 3.84. The Morgan fingerprint density at radius 1 is 1.28 bits per heavy atom. The highest BCUT2D eigenvalue weighted by atomic mass is 16.3. The maximum Gasteiger partial charge on any atom is 0.229 e. The number of hydrogen-bond acceptors (Lipinski definition) is 3. The summed E-state index contributed by atoms with van der Waals surface area (Å²) < 4.78 is 5.44. The number of imide groups is 1. The van der Waals surface area contributed by atoms with Crippen LogP contribution in [0.4, 0.5) is 0 Å². The van der Waals surface area contributed by atoms with Crippen molar-refractivity contribution in [2.24, 2.45) is 5.92 Å². The molecule has 1 fully saturated rings. The minimum absolute atomic E-state index is 0.0399. The molecule has 1 aliphatic heterocycles. The summed E-state index contributed by atoms with van der Waals surface area (Å²) in [6, 6.07) is 3.83. The first-order chi connectivity index (χ1) is 8.59. The van der Waals surface area contributed by atoms with Gasteiger partial charge in [-0.05, 0) is 24.5 Å². The van der Waals surface area contributed by atoms with Gasteiger partial charge in [0, 0.05) is 25.3 Å². The summed E-state index contributed by atoms with van der Waals surface area (Å²) in [6.45, 7) is 4.75. The second-order valence-electron chi connectivity index (χ2n) is 5.09. The topological polar surface area (TPSA) is 50.5 Å². The van der Waals surface area contributed by atoms with Crippen LogP contribution in [0, 0.1) is 5.92 Å². The predicted octanol–water partition coefficient (Wildman–Crippen LogP) is 2.56. The van der Waals surface area contributed by atoms with Crippen LogP contribution in [0.3, 0.4) is 0 Å². The monoisotopic (exact) mass is 249 g/mol. The highest BCUT2D eigenvalue weighted by molar-refractivity contribution is 6.01. The number of furan rings is 1. The van der Waals surface area contributed by atoms with Gasteiger partial charge in [0.05, 0.1) is 6.26 Å². The second kappa shape index (κ2) is 5.38. The smallest absolute Gasteiger partial charge is 0.229 e. The summed E-state index contributed by atoms with van der Waals surface area (Å²) in [5.41, 5.74) is 0. The first kappa shape index (κ1) is 12.9. The molecule has 0 aromatic carbocycles. The highest BCUT2D eigenvalue weighted by Gasteiger charge is 2.30. The molecule has 0 N–H and O–H groups in total. The average Bonchev–Trinajstić information content (AvgIpc) is 2.93. The van der Waals surface area contributed by atoms with Crippen LogP contribution in [0.2, 0.25) is 0 Å². The molecule has 0 saturated carbocycles. The van der Waals surface area contributed by atoms with Gasteiger partial charge in [-0.2, -0.15) is 0 Å². The van der Waals surface area contributed by atoms with Crippen molar-refractivity contribution in [3.05, 3.63) is 24.2 Å². The van der Waals surface area contributed by atoms with E-state index in [1.54, 1.807) is 6.26 Å². The van der Waals surface area contributed by atoms with E-state index >= 15 is 0 Å². The minimum atomic E-state index is -0.0399. The first-order valence-corrected chi connectivity index (χ1v) is 6.46. The first-order valence-electron chi connectivity index (χ1n) is 6.46. The number of amides is 2. The number of likely N-dealkylation sites (tertiary alicyclic amines) is 1. The molecule has 1 aromatic rings. The largest absolute Gasteiger partial charge is 0.469 e. The molecule has 2 rings (SSSR count). The average molecular weight is 249 g/mol. The van der Waals surface area contributed by atoms with E-state index in [4.69, 9.17) is 4.42 Å². The molecule has 4 nitrogen and oxygen atoms in total. The SMILES string of the molecule is CC(C)C(CCN1C(=O)CCC1=O)c1ccco1. The zero-order chi connectivity index (χ0) is 13.1. The predicted molar refractivity (Wildman–Crippen MR) is 66.9 cm³/mol. The van der Waals surface area contributed by atoms with Gasteiger partial charge in [-0.25, -0.2) is 0 Å². The normalized spacial score (nSPS) is 17.8. The summed E-state index contributed by atoms with van der Waals surface area (Å²) >= 11 is 0. The van der Waals surface area contributed by atoms with Crippen LogP contribution >= 0.6 is 0 Å². The molecule has 1 atom stereocenters. The molecule has 1 saturated heterocycles. The zero-order valence-corrected chi connectivity index (χ0v) is 10.9. The van der Waals surface area contributed by atoms with Crippen molar-refractivity contribution >= 4 is 11.8 Å². The Hall–Kier alpha value is -1.58. The van der Waals surface area contributed by atoms with Crippen LogP contribution in [0.5, 0.6) is 0 Å². The summed E-state index contributed by atoms with van der Waals surface area (Å²) in [5, 5.41) is 0.